The van der Waals surface area contributed by atoms with Gasteiger partial charge in [-0.15, -0.1) is 0 Å². The van der Waals surface area contributed by atoms with Gasteiger partial charge in [-0.05, 0) is 0 Å². The minimum Gasteiger partial charge on any atom is 0 e. The van der Waals surface area contributed by atoms with Crippen molar-refractivity contribution in [2.45, 2.75) is 0 Å². The summed E-state index contributed by atoms with van der Waals surface area (Å²) in [5, 5.41) is 0. The van der Waals surface area contributed by atoms with Crippen molar-refractivity contribution in [3.63, 3.8) is 0 Å². The van der Waals surface area contributed by atoms with E-state index in [0.717, 1.165) is 0 Å². The first-order valence-electron chi connectivity index (χ1n) is 0.645. The van der Waals surface area contributed by atoms with E-state index in [-0.39, 0.29) is 16.5 Å². The van der Waals surface area contributed by atoms with Crippen molar-refractivity contribution in [1.82, 2.24) is 0 Å². The van der Waals surface area contributed by atoms with E-state index in [1.165, 1.54) is 0 Å². The molecule has 0 aliphatic heterocycles. The monoisotopic (exact) mass is 245 g/mol. The molecule has 0 rings (SSSR count). The summed E-state index contributed by atoms with van der Waals surface area (Å²) in [5.41, 5.74) is 0. The SMILES string of the molecule is O=[S](=O)(O)[Pd].[Ni]. The van der Waals surface area contributed by atoms with Crippen molar-refractivity contribution in [2.75, 3.05) is 0 Å². The van der Waals surface area contributed by atoms with Gasteiger partial charge in [-0.3, -0.25) is 0 Å². The molecule has 0 aromatic heterocycles. The van der Waals surface area contributed by atoms with Gasteiger partial charge in [0.1, 0.15) is 0 Å². The molecule has 1 N–H and O–H groups in total. The Bertz CT molecular complexity index is 94.0. The van der Waals surface area contributed by atoms with Gasteiger partial charge in [-0.25, -0.2) is 0 Å². The summed E-state index contributed by atoms with van der Waals surface area (Å²) in [6.45, 7) is 0. The fourth-order valence-corrected chi connectivity index (χ4v) is 0. The van der Waals surface area contributed by atoms with Crippen LogP contribution in [0.15, 0.2) is 0 Å². The second kappa shape index (κ2) is 3.12. The van der Waals surface area contributed by atoms with Gasteiger partial charge in [0.25, 0.3) is 0 Å². The Kier molecular flexibility index (Phi) is 5.26. The predicted octanol–water partition coefficient (Wildman–Crippen LogP) is -0.666. The van der Waals surface area contributed by atoms with Crippen LogP contribution in [0.5, 0.6) is 0 Å². The van der Waals surface area contributed by atoms with Crippen molar-refractivity contribution >= 4 is 7.94 Å². The van der Waals surface area contributed by atoms with E-state index in [1.54, 1.807) is 17.9 Å². The molecule has 6 heavy (non-hydrogen) atoms. The van der Waals surface area contributed by atoms with E-state index in [0.29, 0.717) is 0 Å². The topological polar surface area (TPSA) is 54.4 Å². The molecule has 0 atom stereocenters. The van der Waals surface area contributed by atoms with Crippen LogP contribution in [0.4, 0.5) is 0 Å². The summed E-state index contributed by atoms with van der Waals surface area (Å²) < 4.78 is 25.7. The molecule has 0 heterocycles. The first kappa shape index (κ1) is 10.1. The van der Waals surface area contributed by atoms with E-state index >= 15 is 0 Å². The number of rotatable bonds is 0. The van der Waals surface area contributed by atoms with Gasteiger partial charge in [0, 0.05) is 16.5 Å². The molecular weight excluding hydrogens is 245 g/mol. The molecule has 0 bridgehead atoms. The quantitative estimate of drug-likeness (QED) is 0.456. The third-order valence-corrected chi connectivity index (χ3v) is 0. The van der Waals surface area contributed by atoms with Crippen LogP contribution in [-0.2, 0) is 42.4 Å². The zero-order chi connectivity index (χ0) is 4.50. The van der Waals surface area contributed by atoms with Gasteiger partial charge >= 0.3 is 38.9 Å². The van der Waals surface area contributed by atoms with Gasteiger partial charge in [0.15, 0.2) is 0 Å². The van der Waals surface area contributed by atoms with E-state index in [4.69, 9.17) is 13.0 Å². The third kappa shape index (κ3) is 73.7. The van der Waals surface area contributed by atoms with Crippen molar-refractivity contribution < 1.29 is 47.4 Å². The van der Waals surface area contributed by atoms with E-state index in [9.17, 15) is 0 Å². The Labute approximate surface area is 55.3 Å². The van der Waals surface area contributed by atoms with Crippen LogP contribution in [0.25, 0.3) is 0 Å². The van der Waals surface area contributed by atoms with Crippen molar-refractivity contribution in [3.05, 3.63) is 0 Å². The second-order valence-corrected chi connectivity index (χ2v) is 3.55. The maximum Gasteiger partial charge on any atom is 0 e. The maximum absolute atomic E-state index is 9.12. The van der Waals surface area contributed by atoms with E-state index in [1.807, 2.05) is 0 Å². The minimum atomic E-state index is -3.82. The zero-order valence-electron chi connectivity index (χ0n) is 2.30. The predicted molar refractivity (Wildman–Crippen MR) is 11.5 cm³/mol. The van der Waals surface area contributed by atoms with Gasteiger partial charge in [-0.2, -0.15) is 0 Å². The average Bonchev–Trinajstić information content (AvgIpc) is 0.722. The summed E-state index contributed by atoms with van der Waals surface area (Å²) in [6.07, 6.45) is 0. The molecular formula is HNiO3PdS. The summed E-state index contributed by atoms with van der Waals surface area (Å²) in [7, 11) is -3.82. The molecule has 0 saturated carbocycles. The van der Waals surface area contributed by atoms with E-state index in [2.05, 4.69) is 0 Å². The van der Waals surface area contributed by atoms with Gasteiger partial charge in [0.2, 0.25) is 0 Å². The summed E-state index contributed by atoms with van der Waals surface area (Å²) >= 11 is 1.67. The second-order valence-electron chi connectivity index (χ2n) is 0.380. The Morgan fingerprint density at radius 2 is 1.50 bits per heavy atom. The molecule has 0 spiro atoms. The van der Waals surface area contributed by atoms with Gasteiger partial charge < -0.3 is 0 Å². The van der Waals surface area contributed by atoms with E-state index < -0.39 is 7.94 Å². The van der Waals surface area contributed by atoms with Crippen molar-refractivity contribution in [3.8, 4) is 0 Å². The fraction of sp³-hybridized carbons (Fsp3) is 0. The van der Waals surface area contributed by atoms with Gasteiger partial charge in [0.05, 0.1) is 0 Å². The molecule has 0 aromatic carbocycles. The third-order valence-electron chi connectivity index (χ3n) is 0. The van der Waals surface area contributed by atoms with Crippen LogP contribution in [-0.4, -0.2) is 13.0 Å². The standard InChI is InChI=1S/Ni.HO3S.Pd/c;1-4(2)3;/h;(H,1,2,3);. The fourth-order valence-electron chi connectivity index (χ4n) is 0. The largest absolute Gasteiger partial charge is 0 e. The summed E-state index contributed by atoms with van der Waals surface area (Å²) in [5.74, 6) is 0. The molecule has 0 amide bonds. The van der Waals surface area contributed by atoms with Crippen LogP contribution in [0.3, 0.4) is 0 Å². The average molecular weight is 246 g/mol. The van der Waals surface area contributed by atoms with Crippen LogP contribution in [0, 0.1) is 0 Å². The molecule has 6 heteroatoms. The Morgan fingerprint density at radius 3 is 1.50 bits per heavy atom. The summed E-state index contributed by atoms with van der Waals surface area (Å²) in [6, 6.07) is 0. The zero-order valence-corrected chi connectivity index (χ0v) is 5.66. The smallest absolute Gasteiger partial charge is 0 e. The maximum atomic E-state index is 9.12. The number of hydrogen-bond donors (Lipinski definition) is 1. The molecule has 0 aromatic rings. The van der Waals surface area contributed by atoms with Crippen molar-refractivity contribution in [2.24, 2.45) is 0 Å². The molecule has 45 valence electrons. The normalized spacial score (nSPS) is 9.83. The minimum absolute atomic E-state index is 0. The first-order chi connectivity index (χ1) is 2.00. The van der Waals surface area contributed by atoms with Crippen LogP contribution in [0.1, 0.15) is 0 Å². The molecule has 0 saturated heterocycles. The molecule has 0 radical (unpaired) electrons. The van der Waals surface area contributed by atoms with Gasteiger partial charge in [-0.1, -0.05) is 0 Å². The Hall–Kier alpha value is 1.07. The summed E-state index contributed by atoms with van der Waals surface area (Å²) in [4.78, 5) is 0. The first-order valence-corrected chi connectivity index (χ1v) is 3.84. The Morgan fingerprint density at radius 1 is 1.50 bits per heavy atom. The molecule has 0 aliphatic carbocycles. The van der Waals surface area contributed by atoms with Crippen LogP contribution < -0.4 is 0 Å². The molecule has 3 nitrogen and oxygen atoms in total. The number of hydrogen-bond acceptors (Lipinski definition) is 2. The van der Waals surface area contributed by atoms with Crippen LogP contribution >= 0.6 is 0 Å². The molecule has 0 fully saturated rings. The Balaban J connectivity index is 0. The molecule has 0 aliphatic rings. The van der Waals surface area contributed by atoms with Crippen molar-refractivity contribution in [1.29, 1.82) is 0 Å². The molecule has 0 unspecified atom stereocenters. The van der Waals surface area contributed by atoms with Crippen LogP contribution in [0.2, 0.25) is 0 Å².